The number of carbonyl (C=O) groups is 1. The van der Waals surface area contributed by atoms with Gasteiger partial charge in [0.15, 0.2) is 0 Å². The van der Waals surface area contributed by atoms with Crippen LogP contribution in [0.2, 0.25) is 0 Å². The first-order valence-electron chi connectivity index (χ1n) is 13.3. The molecule has 0 radical (unpaired) electrons. The molecule has 39 heavy (non-hydrogen) atoms. The van der Waals surface area contributed by atoms with Crippen molar-refractivity contribution in [3.05, 3.63) is 70.4 Å². The van der Waals surface area contributed by atoms with Gasteiger partial charge in [-0.2, -0.15) is 0 Å². The molecule has 206 valence electrons. The van der Waals surface area contributed by atoms with E-state index in [9.17, 15) is 13.2 Å². The van der Waals surface area contributed by atoms with Crippen LogP contribution in [0.15, 0.2) is 36.7 Å². The van der Waals surface area contributed by atoms with Crippen LogP contribution in [0.4, 0.5) is 10.2 Å². The highest BCUT2D eigenvalue weighted by molar-refractivity contribution is 7.90. The number of aromatic nitrogens is 2. The number of hydrogen-bond acceptors (Lipinski definition) is 7. The highest BCUT2D eigenvalue weighted by atomic mass is 32.2. The molecule has 2 aromatic carbocycles. The van der Waals surface area contributed by atoms with Gasteiger partial charge in [0.1, 0.15) is 33.0 Å². The second-order valence-electron chi connectivity index (χ2n) is 10.9. The van der Waals surface area contributed by atoms with Gasteiger partial charge in [0, 0.05) is 23.7 Å². The maximum atomic E-state index is 15.2. The number of sulfone groups is 1. The molecule has 0 aliphatic heterocycles. The van der Waals surface area contributed by atoms with Crippen molar-refractivity contribution >= 4 is 21.4 Å². The van der Waals surface area contributed by atoms with Crippen LogP contribution in [-0.4, -0.2) is 42.8 Å². The number of carbonyl (C=O) groups excluding carboxylic acids is 1. The van der Waals surface area contributed by atoms with Crippen LogP contribution in [0.1, 0.15) is 66.1 Å². The molecule has 0 saturated heterocycles. The monoisotopic (exact) mass is 551 g/mol. The number of benzene rings is 2. The fourth-order valence-electron chi connectivity index (χ4n) is 5.79. The molecule has 3 aromatic rings. The Bertz CT molecular complexity index is 1500. The van der Waals surface area contributed by atoms with Gasteiger partial charge in [-0.1, -0.05) is 6.07 Å². The van der Waals surface area contributed by atoms with Gasteiger partial charge >= 0.3 is 0 Å². The minimum atomic E-state index is -3.01. The molecule has 3 atom stereocenters. The van der Waals surface area contributed by atoms with Crippen LogP contribution < -0.4 is 10.1 Å². The summed E-state index contributed by atoms with van der Waals surface area (Å²) >= 11 is 0. The van der Waals surface area contributed by atoms with Crippen molar-refractivity contribution < 1.29 is 22.3 Å². The third-order valence-electron chi connectivity index (χ3n) is 7.73. The third-order valence-corrected chi connectivity index (χ3v) is 8.76. The topological polar surface area (TPSA) is 98.2 Å². The van der Waals surface area contributed by atoms with Crippen molar-refractivity contribution in [3.8, 4) is 16.9 Å². The Hall–Kier alpha value is -3.33. The normalized spacial score (nSPS) is 20.0. The predicted octanol–water partition coefficient (Wildman–Crippen LogP) is 5.50. The summed E-state index contributed by atoms with van der Waals surface area (Å²) in [5, 5.41) is 3.37. The molecule has 0 unspecified atom stereocenters. The zero-order chi connectivity index (χ0) is 27.9. The Balaban J connectivity index is 1.33. The summed E-state index contributed by atoms with van der Waals surface area (Å²) in [5.74, 6) is 1.55. The number of nitrogens with one attached hydrogen (secondary N) is 1. The van der Waals surface area contributed by atoms with Crippen LogP contribution in [0.5, 0.6) is 5.75 Å². The molecular formula is C30H34FN3O4S. The average Bonchev–Trinajstić information content (AvgIpc) is 3.57. The van der Waals surface area contributed by atoms with Gasteiger partial charge in [0.05, 0.1) is 36.5 Å². The standard InChI is InChI=1S/C30H34FN3O4S/c1-17-12-20(38-10-5-11-39(4,36)37)13-18(2)29(17)21-6-8-25(31)30-22(21)7-9-26(30)34-28-16-32-27(15-33-28)24-14-23(24)19(3)35/h6,8,12-13,15-16,23-24,26H,5,7,9-11,14H2,1-4H3,(H,33,34)/t23-,24+,26-/m1/s1. The number of ketones is 1. The van der Waals surface area contributed by atoms with Crippen molar-refractivity contribution in [1.82, 2.24) is 9.97 Å². The molecule has 0 bridgehead atoms. The average molecular weight is 552 g/mol. The van der Waals surface area contributed by atoms with Crippen LogP contribution in [0.25, 0.3) is 11.1 Å². The molecule has 2 aliphatic carbocycles. The molecule has 1 saturated carbocycles. The summed E-state index contributed by atoms with van der Waals surface area (Å²) in [6.07, 6.45) is 7.35. The van der Waals surface area contributed by atoms with E-state index in [0.717, 1.165) is 52.8 Å². The van der Waals surface area contributed by atoms with E-state index in [1.165, 1.54) is 12.3 Å². The van der Waals surface area contributed by atoms with Crippen LogP contribution in [-0.2, 0) is 21.1 Å². The number of anilines is 1. The van der Waals surface area contributed by atoms with Crippen molar-refractivity contribution in [1.29, 1.82) is 0 Å². The maximum absolute atomic E-state index is 15.2. The summed E-state index contributed by atoms with van der Waals surface area (Å²) < 4.78 is 43.7. The van der Waals surface area contributed by atoms with Crippen molar-refractivity contribution in [2.24, 2.45) is 5.92 Å². The van der Waals surface area contributed by atoms with Gasteiger partial charge in [-0.15, -0.1) is 0 Å². The zero-order valence-electron chi connectivity index (χ0n) is 22.8. The van der Waals surface area contributed by atoms with E-state index in [0.29, 0.717) is 30.2 Å². The van der Waals surface area contributed by atoms with Crippen LogP contribution in [0.3, 0.4) is 0 Å². The highest BCUT2D eigenvalue weighted by Gasteiger charge is 2.43. The molecule has 0 spiro atoms. The Morgan fingerprint density at radius 1 is 1.15 bits per heavy atom. The molecule has 1 fully saturated rings. The lowest BCUT2D eigenvalue weighted by Gasteiger charge is -2.19. The second-order valence-corrected chi connectivity index (χ2v) is 13.1. The smallest absolute Gasteiger partial charge is 0.147 e. The van der Waals surface area contributed by atoms with E-state index >= 15 is 4.39 Å². The quantitative estimate of drug-likeness (QED) is 0.332. The lowest BCUT2D eigenvalue weighted by molar-refractivity contribution is -0.118. The van der Waals surface area contributed by atoms with E-state index in [-0.39, 0.29) is 35.2 Å². The largest absolute Gasteiger partial charge is 0.494 e. The molecule has 5 rings (SSSR count). The molecule has 1 heterocycles. The van der Waals surface area contributed by atoms with Gasteiger partial charge in [-0.25, -0.2) is 17.8 Å². The number of rotatable bonds is 10. The summed E-state index contributed by atoms with van der Waals surface area (Å²) in [6.45, 7) is 5.97. The zero-order valence-corrected chi connectivity index (χ0v) is 23.6. The number of Topliss-reactive ketones (excluding diaryl/α,β-unsaturated/α-hetero) is 1. The van der Waals surface area contributed by atoms with Gasteiger partial charge in [0.2, 0.25) is 0 Å². The number of aryl methyl sites for hydroxylation is 2. The lowest BCUT2D eigenvalue weighted by Crippen LogP contribution is -2.11. The first kappa shape index (κ1) is 27.2. The molecule has 0 amide bonds. The summed E-state index contributed by atoms with van der Waals surface area (Å²) in [4.78, 5) is 20.6. The molecule has 1 aromatic heterocycles. The van der Waals surface area contributed by atoms with E-state index in [4.69, 9.17) is 4.74 Å². The number of fused-ring (bicyclic) bond motifs is 1. The molecular weight excluding hydrogens is 517 g/mol. The minimum Gasteiger partial charge on any atom is -0.494 e. The summed E-state index contributed by atoms with van der Waals surface area (Å²) in [7, 11) is -3.01. The first-order chi connectivity index (χ1) is 18.5. The fourth-order valence-corrected chi connectivity index (χ4v) is 6.43. The summed E-state index contributed by atoms with van der Waals surface area (Å²) in [6, 6.07) is 7.08. The fraction of sp³-hybridized carbons (Fsp3) is 0.433. The van der Waals surface area contributed by atoms with E-state index in [1.54, 1.807) is 19.3 Å². The Labute approximate surface area is 229 Å². The number of hydrogen-bond donors (Lipinski definition) is 1. The number of ether oxygens (including phenoxy) is 1. The minimum absolute atomic E-state index is 0.0553. The van der Waals surface area contributed by atoms with Gasteiger partial charge in [-0.3, -0.25) is 9.78 Å². The van der Waals surface area contributed by atoms with Crippen LogP contribution >= 0.6 is 0 Å². The van der Waals surface area contributed by atoms with Crippen molar-refractivity contribution in [2.75, 3.05) is 23.9 Å². The molecule has 7 nitrogen and oxygen atoms in total. The summed E-state index contributed by atoms with van der Waals surface area (Å²) in [5.41, 5.74) is 6.59. The van der Waals surface area contributed by atoms with E-state index in [2.05, 4.69) is 15.3 Å². The molecule has 9 heteroatoms. The second kappa shape index (κ2) is 10.7. The van der Waals surface area contributed by atoms with Crippen molar-refractivity contribution in [3.63, 3.8) is 0 Å². The number of nitrogens with zero attached hydrogens (tertiary/aromatic N) is 2. The maximum Gasteiger partial charge on any atom is 0.147 e. The highest BCUT2D eigenvalue weighted by Crippen LogP contribution is 2.47. The predicted molar refractivity (Wildman–Crippen MR) is 149 cm³/mol. The Morgan fingerprint density at radius 2 is 1.90 bits per heavy atom. The first-order valence-corrected chi connectivity index (χ1v) is 15.4. The lowest BCUT2D eigenvalue weighted by atomic mass is 9.90. The van der Waals surface area contributed by atoms with Crippen LogP contribution in [0, 0.1) is 25.6 Å². The van der Waals surface area contributed by atoms with Gasteiger partial charge in [-0.05, 0) is 92.5 Å². The Morgan fingerprint density at radius 3 is 2.51 bits per heavy atom. The SMILES string of the molecule is CC(=O)[C@H]1C[C@@H]1c1cnc(N[C@@H]2CCc3c(-c4c(C)cc(OCCCS(C)(=O)=O)cc4C)ccc(F)c32)cn1. The number of halogens is 1. The Kier molecular flexibility index (Phi) is 7.46. The molecule has 1 N–H and O–H groups in total. The van der Waals surface area contributed by atoms with E-state index in [1.807, 2.05) is 32.0 Å². The molecule has 2 aliphatic rings. The van der Waals surface area contributed by atoms with Gasteiger partial charge < -0.3 is 10.1 Å². The third kappa shape index (κ3) is 5.98. The van der Waals surface area contributed by atoms with E-state index < -0.39 is 9.84 Å². The van der Waals surface area contributed by atoms with Crippen molar-refractivity contribution in [2.45, 2.75) is 58.4 Å². The van der Waals surface area contributed by atoms with Gasteiger partial charge in [0.25, 0.3) is 0 Å².